The molecule has 3 N–H and O–H groups in total. The van der Waals surface area contributed by atoms with Gasteiger partial charge in [0.2, 0.25) is 5.91 Å². The molecule has 0 saturated heterocycles. The van der Waals surface area contributed by atoms with Gasteiger partial charge in [-0.3, -0.25) is 4.79 Å². The number of hydrogen-bond donors (Lipinski definition) is 2. The lowest BCUT2D eigenvalue weighted by Gasteiger charge is -2.27. The summed E-state index contributed by atoms with van der Waals surface area (Å²) in [6.45, 7) is 0.854. The zero-order valence-corrected chi connectivity index (χ0v) is 9.37. The summed E-state index contributed by atoms with van der Waals surface area (Å²) in [5.74, 6) is 1.17. The third-order valence-corrected chi connectivity index (χ3v) is 3.70. The molecule has 2 saturated carbocycles. The zero-order valence-electron chi connectivity index (χ0n) is 9.37. The fourth-order valence-corrected chi connectivity index (χ4v) is 2.42. The molecule has 0 aromatic carbocycles. The van der Waals surface area contributed by atoms with Crippen molar-refractivity contribution in [2.24, 2.45) is 17.6 Å². The van der Waals surface area contributed by atoms with Crippen LogP contribution in [0.25, 0.3) is 0 Å². The first-order valence-electron chi connectivity index (χ1n) is 6.30. The van der Waals surface area contributed by atoms with Crippen LogP contribution < -0.4 is 11.1 Å². The summed E-state index contributed by atoms with van der Waals surface area (Å²) >= 11 is 0. The summed E-state index contributed by atoms with van der Waals surface area (Å²) in [6, 6.07) is 0.0969. The Bertz CT molecular complexity index is 226. The first kappa shape index (κ1) is 10.9. The summed E-state index contributed by atoms with van der Waals surface area (Å²) in [4.78, 5) is 11.8. The van der Waals surface area contributed by atoms with Crippen LogP contribution in [0.2, 0.25) is 0 Å². The highest BCUT2D eigenvalue weighted by atomic mass is 16.1. The molecule has 2 atom stereocenters. The van der Waals surface area contributed by atoms with Crippen LogP contribution in [-0.2, 0) is 4.79 Å². The molecule has 1 amide bonds. The molecule has 2 rings (SSSR count). The molecule has 3 heteroatoms. The zero-order chi connectivity index (χ0) is 10.7. The van der Waals surface area contributed by atoms with Gasteiger partial charge in [-0.05, 0) is 25.2 Å². The minimum Gasteiger partial charge on any atom is -0.356 e. The molecule has 0 radical (unpaired) electrons. The number of amides is 1. The maximum absolute atomic E-state index is 11.8. The van der Waals surface area contributed by atoms with Crippen molar-refractivity contribution < 1.29 is 4.79 Å². The molecule has 2 unspecified atom stereocenters. The highest BCUT2D eigenvalue weighted by Gasteiger charge is 2.28. The predicted molar refractivity (Wildman–Crippen MR) is 60.3 cm³/mol. The van der Waals surface area contributed by atoms with Gasteiger partial charge < -0.3 is 11.1 Å². The van der Waals surface area contributed by atoms with Gasteiger partial charge >= 0.3 is 0 Å². The van der Waals surface area contributed by atoms with E-state index in [4.69, 9.17) is 5.73 Å². The summed E-state index contributed by atoms with van der Waals surface area (Å²) < 4.78 is 0. The van der Waals surface area contributed by atoms with E-state index < -0.39 is 0 Å². The van der Waals surface area contributed by atoms with E-state index in [1.807, 2.05) is 0 Å². The minimum atomic E-state index is 0.0814. The van der Waals surface area contributed by atoms with Crippen molar-refractivity contribution in [1.29, 1.82) is 0 Å². The summed E-state index contributed by atoms with van der Waals surface area (Å²) in [5, 5.41) is 3.04. The smallest absolute Gasteiger partial charge is 0.224 e. The van der Waals surface area contributed by atoms with Gasteiger partial charge in [-0.2, -0.15) is 0 Å². The van der Waals surface area contributed by atoms with Crippen molar-refractivity contribution in [1.82, 2.24) is 5.32 Å². The van der Waals surface area contributed by atoms with Crippen molar-refractivity contribution in [3.05, 3.63) is 0 Å². The Morgan fingerprint density at radius 3 is 2.60 bits per heavy atom. The number of nitrogens with two attached hydrogens (primary N) is 1. The molecular weight excluding hydrogens is 188 g/mol. The highest BCUT2D eigenvalue weighted by molar-refractivity contribution is 5.79. The van der Waals surface area contributed by atoms with Crippen molar-refractivity contribution >= 4 is 5.91 Å². The van der Waals surface area contributed by atoms with Crippen LogP contribution in [-0.4, -0.2) is 18.5 Å². The Morgan fingerprint density at radius 2 is 1.93 bits per heavy atom. The second kappa shape index (κ2) is 4.97. The SMILES string of the molecule is NC1CCCCC1C(=O)NCCC1CC1. The monoisotopic (exact) mass is 210 g/mol. The first-order chi connectivity index (χ1) is 7.27. The number of carbonyl (C=O) groups is 1. The van der Waals surface area contributed by atoms with Crippen LogP contribution >= 0.6 is 0 Å². The number of rotatable bonds is 4. The van der Waals surface area contributed by atoms with Crippen LogP contribution in [0, 0.1) is 11.8 Å². The average Bonchev–Trinajstić information content (AvgIpc) is 3.02. The van der Waals surface area contributed by atoms with Gasteiger partial charge in [0.1, 0.15) is 0 Å². The Hall–Kier alpha value is -0.570. The second-order valence-corrected chi connectivity index (χ2v) is 5.08. The molecule has 0 aromatic rings. The van der Waals surface area contributed by atoms with E-state index in [2.05, 4.69) is 5.32 Å². The van der Waals surface area contributed by atoms with Crippen LogP contribution in [0.1, 0.15) is 44.9 Å². The quantitative estimate of drug-likeness (QED) is 0.737. The van der Waals surface area contributed by atoms with Crippen LogP contribution in [0.4, 0.5) is 0 Å². The average molecular weight is 210 g/mol. The van der Waals surface area contributed by atoms with Crippen LogP contribution in [0.5, 0.6) is 0 Å². The lowest BCUT2D eigenvalue weighted by molar-refractivity contribution is -0.126. The lowest BCUT2D eigenvalue weighted by Crippen LogP contribution is -2.43. The molecule has 0 bridgehead atoms. The standard InChI is InChI=1S/C12H22N2O/c13-11-4-2-1-3-10(11)12(15)14-8-7-9-5-6-9/h9-11H,1-8,13H2,(H,14,15). The van der Waals surface area contributed by atoms with E-state index >= 15 is 0 Å². The predicted octanol–water partition coefficient (Wildman–Crippen LogP) is 1.42. The van der Waals surface area contributed by atoms with Crippen molar-refractivity contribution in [2.45, 2.75) is 51.0 Å². The van der Waals surface area contributed by atoms with E-state index in [-0.39, 0.29) is 17.9 Å². The highest BCUT2D eigenvalue weighted by Crippen LogP contribution is 2.31. The fourth-order valence-electron chi connectivity index (χ4n) is 2.42. The number of nitrogens with one attached hydrogen (secondary N) is 1. The third kappa shape index (κ3) is 3.20. The van der Waals surface area contributed by atoms with Gasteiger partial charge in [0, 0.05) is 12.6 Å². The van der Waals surface area contributed by atoms with Crippen LogP contribution in [0.15, 0.2) is 0 Å². The van der Waals surface area contributed by atoms with E-state index in [1.54, 1.807) is 0 Å². The third-order valence-electron chi connectivity index (χ3n) is 3.70. The molecule has 3 nitrogen and oxygen atoms in total. The number of hydrogen-bond acceptors (Lipinski definition) is 2. The molecule has 0 aromatic heterocycles. The minimum absolute atomic E-state index is 0.0814. The second-order valence-electron chi connectivity index (χ2n) is 5.08. The van der Waals surface area contributed by atoms with Gasteiger partial charge in [-0.25, -0.2) is 0 Å². The molecular formula is C12H22N2O. The van der Waals surface area contributed by atoms with Crippen molar-refractivity contribution in [2.75, 3.05) is 6.54 Å². The van der Waals surface area contributed by atoms with E-state index in [1.165, 1.54) is 19.3 Å². The van der Waals surface area contributed by atoms with E-state index in [0.29, 0.717) is 0 Å². The Kier molecular flexibility index (Phi) is 3.62. The molecule has 86 valence electrons. The lowest BCUT2D eigenvalue weighted by atomic mass is 9.84. The topological polar surface area (TPSA) is 55.1 Å². The molecule has 0 aliphatic heterocycles. The van der Waals surface area contributed by atoms with Crippen molar-refractivity contribution in [3.8, 4) is 0 Å². The molecule has 0 spiro atoms. The Morgan fingerprint density at radius 1 is 1.20 bits per heavy atom. The van der Waals surface area contributed by atoms with Gasteiger partial charge in [0.25, 0.3) is 0 Å². The Balaban J connectivity index is 1.68. The van der Waals surface area contributed by atoms with Gasteiger partial charge in [-0.1, -0.05) is 25.7 Å². The summed E-state index contributed by atoms with van der Waals surface area (Å²) in [6.07, 6.45) is 8.23. The van der Waals surface area contributed by atoms with E-state index in [9.17, 15) is 4.79 Å². The van der Waals surface area contributed by atoms with E-state index in [0.717, 1.165) is 38.1 Å². The summed E-state index contributed by atoms with van der Waals surface area (Å²) in [7, 11) is 0. The molecule has 15 heavy (non-hydrogen) atoms. The van der Waals surface area contributed by atoms with Crippen molar-refractivity contribution in [3.63, 3.8) is 0 Å². The molecule has 0 heterocycles. The molecule has 2 fully saturated rings. The van der Waals surface area contributed by atoms with Gasteiger partial charge in [0.15, 0.2) is 0 Å². The molecule has 2 aliphatic rings. The maximum Gasteiger partial charge on any atom is 0.224 e. The summed E-state index contributed by atoms with van der Waals surface area (Å²) in [5.41, 5.74) is 5.96. The normalized spacial score (nSPS) is 31.3. The number of carbonyl (C=O) groups excluding carboxylic acids is 1. The maximum atomic E-state index is 11.8. The largest absolute Gasteiger partial charge is 0.356 e. The fraction of sp³-hybridized carbons (Fsp3) is 0.917. The first-order valence-corrected chi connectivity index (χ1v) is 6.30. The van der Waals surface area contributed by atoms with Gasteiger partial charge in [-0.15, -0.1) is 0 Å². The van der Waals surface area contributed by atoms with Crippen LogP contribution in [0.3, 0.4) is 0 Å². The molecule has 2 aliphatic carbocycles. The van der Waals surface area contributed by atoms with Gasteiger partial charge in [0.05, 0.1) is 5.92 Å². The Labute approximate surface area is 91.8 Å².